The van der Waals surface area contributed by atoms with E-state index in [1.54, 1.807) is 10.9 Å². The fourth-order valence-electron chi connectivity index (χ4n) is 2.28. The first-order valence-electron chi connectivity index (χ1n) is 7.06. The van der Waals surface area contributed by atoms with Crippen molar-refractivity contribution in [3.05, 3.63) is 12.4 Å². The molecular formula is C13H24N4O3S. The minimum Gasteiger partial charge on any atom is -0.373 e. The molecule has 0 unspecified atom stereocenters. The lowest BCUT2D eigenvalue weighted by molar-refractivity contribution is -0.0439. The van der Waals surface area contributed by atoms with Gasteiger partial charge in [-0.3, -0.25) is 9.40 Å². The van der Waals surface area contributed by atoms with Crippen molar-refractivity contribution < 1.29 is 13.2 Å². The van der Waals surface area contributed by atoms with Crippen molar-refractivity contribution in [2.45, 2.75) is 52.4 Å². The van der Waals surface area contributed by atoms with Crippen molar-refractivity contribution in [1.82, 2.24) is 14.1 Å². The van der Waals surface area contributed by atoms with Crippen LogP contribution in [0.15, 0.2) is 12.4 Å². The van der Waals surface area contributed by atoms with Gasteiger partial charge in [0.15, 0.2) is 0 Å². The van der Waals surface area contributed by atoms with Crippen molar-refractivity contribution in [2.24, 2.45) is 0 Å². The number of rotatable bonds is 3. The summed E-state index contributed by atoms with van der Waals surface area (Å²) in [5, 5.41) is 4.19. The van der Waals surface area contributed by atoms with Gasteiger partial charge in [-0.05, 0) is 34.6 Å². The highest BCUT2D eigenvalue weighted by atomic mass is 32.2. The molecule has 1 aliphatic heterocycles. The van der Waals surface area contributed by atoms with Gasteiger partial charge in [0.05, 0.1) is 29.6 Å². The Morgan fingerprint density at radius 1 is 1.29 bits per heavy atom. The van der Waals surface area contributed by atoms with Gasteiger partial charge in [-0.15, -0.1) is 0 Å². The SMILES string of the molecule is C[C@H]1CN(S(=O)(=O)Nc2cnn(C(C)(C)C)c2)C[C@H](C)O1. The quantitative estimate of drug-likeness (QED) is 0.914. The molecule has 0 spiro atoms. The lowest BCUT2D eigenvalue weighted by Gasteiger charge is -2.34. The fraction of sp³-hybridized carbons (Fsp3) is 0.769. The van der Waals surface area contributed by atoms with Crippen LogP contribution in [0.2, 0.25) is 0 Å². The Morgan fingerprint density at radius 3 is 2.33 bits per heavy atom. The highest BCUT2D eigenvalue weighted by molar-refractivity contribution is 7.90. The molecule has 1 N–H and O–H groups in total. The molecule has 120 valence electrons. The topological polar surface area (TPSA) is 76.5 Å². The summed E-state index contributed by atoms with van der Waals surface area (Å²) in [5.41, 5.74) is 0.280. The minimum atomic E-state index is -3.58. The number of hydrogen-bond acceptors (Lipinski definition) is 4. The lowest BCUT2D eigenvalue weighted by atomic mass is 10.1. The number of morpholine rings is 1. The van der Waals surface area contributed by atoms with Crippen LogP contribution in [0.3, 0.4) is 0 Å². The summed E-state index contributed by atoms with van der Waals surface area (Å²) in [7, 11) is -3.58. The second-order valence-electron chi connectivity index (χ2n) is 6.53. The van der Waals surface area contributed by atoms with Crippen molar-refractivity contribution in [2.75, 3.05) is 17.8 Å². The molecule has 2 rings (SSSR count). The van der Waals surface area contributed by atoms with Crippen LogP contribution in [0.25, 0.3) is 0 Å². The standard InChI is InChI=1S/C13H24N4O3S/c1-10-7-16(8-11(2)20-10)21(18,19)15-12-6-14-17(9-12)13(3,4)5/h6,9-11,15H,7-8H2,1-5H3/t10-,11-/m0/s1. The molecule has 8 heteroatoms. The molecule has 1 fully saturated rings. The summed E-state index contributed by atoms with van der Waals surface area (Å²) in [4.78, 5) is 0. The molecule has 0 saturated carbocycles. The molecule has 21 heavy (non-hydrogen) atoms. The summed E-state index contributed by atoms with van der Waals surface area (Å²) in [6.45, 7) is 10.5. The van der Waals surface area contributed by atoms with Crippen LogP contribution < -0.4 is 4.72 Å². The predicted octanol–water partition coefficient (Wildman–Crippen LogP) is 1.40. The van der Waals surface area contributed by atoms with Crippen LogP contribution in [0, 0.1) is 0 Å². The van der Waals surface area contributed by atoms with Gasteiger partial charge < -0.3 is 4.74 Å². The molecule has 0 bridgehead atoms. The van der Waals surface area contributed by atoms with Gasteiger partial charge in [0.1, 0.15) is 0 Å². The summed E-state index contributed by atoms with van der Waals surface area (Å²) in [6, 6.07) is 0. The van der Waals surface area contributed by atoms with E-state index in [0.717, 1.165) is 0 Å². The van der Waals surface area contributed by atoms with Gasteiger partial charge in [0.2, 0.25) is 0 Å². The molecule has 0 aliphatic carbocycles. The zero-order valence-corrected chi connectivity index (χ0v) is 14.0. The van der Waals surface area contributed by atoms with Gasteiger partial charge in [-0.1, -0.05) is 0 Å². The molecule has 0 radical (unpaired) electrons. The van der Waals surface area contributed by atoms with Crippen LogP contribution in [-0.4, -0.2) is 47.8 Å². The summed E-state index contributed by atoms with van der Waals surface area (Å²) >= 11 is 0. The normalized spacial score (nSPS) is 25.0. The Morgan fingerprint density at radius 2 is 1.86 bits per heavy atom. The first kappa shape index (κ1) is 16.3. The first-order chi connectivity index (χ1) is 9.58. The second kappa shape index (κ2) is 5.58. The molecule has 2 heterocycles. The lowest BCUT2D eigenvalue weighted by Crippen LogP contribution is -2.49. The van der Waals surface area contributed by atoms with E-state index in [0.29, 0.717) is 18.8 Å². The third kappa shape index (κ3) is 3.96. The van der Waals surface area contributed by atoms with Crippen LogP contribution in [0.5, 0.6) is 0 Å². The maximum absolute atomic E-state index is 12.4. The minimum absolute atomic E-state index is 0.109. The molecule has 1 aromatic heterocycles. The van der Waals surface area contributed by atoms with Crippen molar-refractivity contribution in [3.63, 3.8) is 0 Å². The molecule has 1 aliphatic rings. The third-order valence-electron chi connectivity index (χ3n) is 3.24. The van der Waals surface area contributed by atoms with Crippen LogP contribution in [0.4, 0.5) is 5.69 Å². The van der Waals surface area contributed by atoms with E-state index in [1.165, 1.54) is 10.5 Å². The van der Waals surface area contributed by atoms with Gasteiger partial charge in [0.25, 0.3) is 0 Å². The Kier molecular flexibility index (Phi) is 4.32. The van der Waals surface area contributed by atoms with Crippen molar-refractivity contribution in [3.8, 4) is 0 Å². The molecule has 7 nitrogen and oxygen atoms in total. The monoisotopic (exact) mass is 316 g/mol. The smallest absolute Gasteiger partial charge is 0.301 e. The van der Waals surface area contributed by atoms with E-state index in [-0.39, 0.29) is 17.7 Å². The zero-order chi connectivity index (χ0) is 15.8. The Hall–Kier alpha value is -1.12. The third-order valence-corrected chi connectivity index (χ3v) is 4.71. The molecule has 2 atom stereocenters. The summed E-state index contributed by atoms with van der Waals surface area (Å²) in [6.07, 6.45) is 3.01. The Labute approximate surface area is 126 Å². The van der Waals surface area contributed by atoms with Crippen LogP contribution in [-0.2, 0) is 20.5 Å². The molecule has 0 amide bonds. The highest BCUT2D eigenvalue weighted by Crippen LogP contribution is 2.19. The number of nitrogens with zero attached hydrogens (tertiary/aromatic N) is 3. The van der Waals surface area contributed by atoms with E-state index < -0.39 is 10.2 Å². The molecule has 1 aromatic rings. The van der Waals surface area contributed by atoms with E-state index in [9.17, 15) is 8.42 Å². The number of hydrogen-bond donors (Lipinski definition) is 1. The average molecular weight is 316 g/mol. The maximum Gasteiger partial charge on any atom is 0.301 e. The van der Waals surface area contributed by atoms with Crippen molar-refractivity contribution in [1.29, 1.82) is 0 Å². The molecular weight excluding hydrogens is 292 g/mol. The molecule has 0 aromatic carbocycles. The Balaban J connectivity index is 2.12. The van der Waals surface area contributed by atoms with Crippen LogP contribution >= 0.6 is 0 Å². The maximum atomic E-state index is 12.4. The number of anilines is 1. The van der Waals surface area contributed by atoms with Gasteiger partial charge in [0, 0.05) is 19.3 Å². The number of nitrogens with one attached hydrogen (secondary N) is 1. The van der Waals surface area contributed by atoms with Gasteiger partial charge in [-0.25, -0.2) is 0 Å². The van der Waals surface area contributed by atoms with E-state index in [2.05, 4.69) is 9.82 Å². The highest BCUT2D eigenvalue weighted by Gasteiger charge is 2.31. The average Bonchev–Trinajstić information content (AvgIpc) is 2.75. The van der Waals surface area contributed by atoms with Crippen molar-refractivity contribution >= 4 is 15.9 Å². The van der Waals surface area contributed by atoms with E-state index in [4.69, 9.17) is 4.74 Å². The predicted molar refractivity (Wildman–Crippen MR) is 81.3 cm³/mol. The number of ether oxygens (including phenoxy) is 1. The van der Waals surface area contributed by atoms with Gasteiger partial charge >= 0.3 is 10.2 Å². The fourth-order valence-corrected chi connectivity index (χ4v) is 3.63. The van der Waals surface area contributed by atoms with E-state index in [1.807, 2.05) is 34.6 Å². The summed E-state index contributed by atoms with van der Waals surface area (Å²) < 4.78 is 36.1. The molecule has 1 saturated heterocycles. The van der Waals surface area contributed by atoms with E-state index >= 15 is 0 Å². The van der Waals surface area contributed by atoms with Gasteiger partial charge in [-0.2, -0.15) is 17.8 Å². The number of aromatic nitrogens is 2. The summed E-state index contributed by atoms with van der Waals surface area (Å²) in [5.74, 6) is 0. The first-order valence-corrected chi connectivity index (χ1v) is 8.50. The zero-order valence-electron chi connectivity index (χ0n) is 13.2. The Bertz CT molecular complexity index is 581. The van der Waals surface area contributed by atoms with Crippen LogP contribution in [0.1, 0.15) is 34.6 Å². The largest absolute Gasteiger partial charge is 0.373 e. The second-order valence-corrected chi connectivity index (χ2v) is 8.20.